The van der Waals surface area contributed by atoms with Gasteiger partial charge in [0.2, 0.25) is 17.2 Å². The van der Waals surface area contributed by atoms with E-state index in [4.69, 9.17) is 17.3 Å². The highest BCUT2D eigenvalue weighted by molar-refractivity contribution is 6.28. The van der Waals surface area contributed by atoms with Gasteiger partial charge in [0, 0.05) is 6.54 Å². The van der Waals surface area contributed by atoms with Gasteiger partial charge in [-0.1, -0.05) is 13.8 Å². The Morgan fingerprint density at radius 3 is 2.53 bits per heavy atom. The summed E-state index contributed by atoms with van der Waals surface area (Å²) in [5, 5.41) is 3.19. The molecule has 0 fully saturated rings. The predicted octanol–water partition coefficient (Wildman–Crippen LogP) is 1.25. The highest BCUT2D eigenvalue weighted by Crippen LogP contribution is 2.06. The molecule has 0 saturated heterocycles. The molecular weight excluding hydrogens is 240 g/mol. The molecule has 0 bridgehead atoms. The average Bonchev–Trinajstić information content (AvgIpc) is 2.28. The van der Waals surface area contributed by atoms with Gasteiger partial charge in [-0.25, -0.2) is 0 Å². The van der Waals surface area contributed by atoms with Gasteiger partial charge in [-0.05, 0) is 37.7 Å². The zero-order chi connectivity index (χ0) is 12.7. The van der Waals surface area contributed by atoms with Crippen molar-refractivity contribution in [2.75, 3.05) is 37.2 Å². The first-order valence-corrected chi connectivity index (χ1v) is 6.16. The van der Waals surface area contributed by atoms with Gasteiger partial charge < -0.3 is 16.0 Å². The molecule has 0 aliphatic carbocycles. The Hall–Kier alpha value is -1.14. The molecule has 96 valence electrons. The van der Waals surface area contributed by atoms with Crippen LogP contribution >= 0.6 is 11.6 Å². The van der Waals surface area contributed by atoms with Crippen molar-refractivity contribution in [1.82, 2.24) is 19.9 Å². The summed E-state index contributed by atoms with van der Waals surface area (Å²) in [4.78, 5) is 13.9. The second-order valence-corrected chi connectivity index (χ2v) is 3.93. The first kappa shape index (κ1) is 13.9. The van der Waals surface area contributed by atoms with E-state index in [2.05, 4.69) is 39.0 Å². The smallest absolute Gasteiger partial charge is 0.228 e. The molecule has 1 aromatic rings. The fourth-order valence-corrected chi connectivity index (χ4v) is 1.65. The summed E-state index contributed by atoms with van der Waals surface area (Å²) in [6.07, 6.45) is 1.02. The van der Waals surface area contributed by atoms with Crippen LogP contribution in [0.1, 0.15) is 20.3 Å². The third-order valence-electron chi connectivity index (χ3n) is 2.45. The minimum Gasteiger partial charge on any atom is -0.368 e. The standard InChI is InChI=1S/C10H19ClN6/c1-3-17(4-2)7-5-6-13-10-15-8(11)14-9(12)16-10/h3-7H2,1-2H3,(H3,12,13,14,15,16). The molecule has 7 heteroatoms. The van der Waals surface area contributed by atoms with Crippen molar-refractivity contribution in [1.29, 1.82) is 0 Å². The largest absolute Gasteiger partial charge is 0.368 e. The number of nitrogens with zero attached hydrogens (tertiary/aromatic N) is 4. The number of rotatable bonds is 7. The summed E-state index contributed by atoms with van der Waals surface area (Å²) in [7, 11) is 0. The molecule has 0 atom stereocenters. The van der Waals surface area contributed by atoms with Crippen LogP contribution in [-0.2, 0) is 0 Å². The van der Waals surface area contributed by atoms with Gasteiger partial charge >= 0.3 is 0 Å². The van der Waals surface area contributed by atoms with Crippen molar-refractivity contribution in [3.8, 4) is 0 Å². The summed E-state index contributed by atoms with van der Waals surface area (Å²) in [6.45, 7) is 8.29. The molecule has 0 amide bonds. The normalized spacial score (nSPS) is 10.8. The number of hydrogen-bond acceptors (Lipinski definition) is 6. The predicted molar refractivity (Wildman–Crippen MR) is 70.1 cm³/mol. The maximum Gasteiger partial charge on any atom is 0.228 e. The number of hydrogen-bond donors (Lipinski definition) is 2. The van der Waals surface area contributed by atoms with E-state index in [0.29, 0.717) is 5.95 Å². The van der Waals surface area contributed by atoms with Crippen molar-refractivity contribution in [2.24, 2.45) is 0 Å². The van der Waals surface area contributed by atoms with Gasteiger partial charge in [0.25, 0.3) is 0 Å². The molecule has 0 aliphatic rings. The van der Waals surface area contributed by atoms with E-state index >= 15 is 0 Å². The first-order chi connectivity index (χ1) is 8.15. The Morgan fingerprint density at radius 2 is 1.94 bits per heavy atom. The molecule has 3 N–H and O–H groups in total. The number of nitrogen functional groups attached to an aromatic ring is 1. The van der Waals surface area contributed by atoms with E-state index in [1.807, 2.05) is 0 Å². The Kier molecular flexibility index (Phi) is 5.93. The van der Waals surface area contributed by atoms with Gasteiger partial charge in [0.05, 0.1) is 0 Å². The third kappa shape index (κ3) is 5.14. The summed E-state index contributed by atoms with van der Waals surface area (Å²) in [6, 6.07) is 0. The first-order valence-electron chi connectivity index (χ1n) is 5.79. The maximum atomic E-state index is 5.67. The van der Waals surface area contributed by atoms with Crippen LogP contribution in [0.5, 0.6) is 0 Å². The number of anilines is 2. The minimum absolute atomic E-state index is 0.115. The van der Waals surface area contributed by atoms with Crippen LogP contribution in [0.25, 0.3) is 0 Å². The van der Waals surface area contributed by atoms with Gasteiger partial charge in [0.1, 0.15) is 0 Å². The number of aromatic nitrogens is 3. The Morgan fingerprint density at radius 1 is 1.24 bits per heavy atom. The number of nitrogens with two attached hydrogens (primary N) is 1. The molecule has 0 radical (unpaired) electrons. The summed E-state index contributed by atoms with van der Waals surface area (Å²) < 4.78 is 0. The molecular formula is C10H19ClN6. The molecule has 1 rings (SSSR count). The summed E-state index contributed by atoms with van der Waals surface area (Å²) >= 11 is 5.67. The molecule has 0 aromatic carbocycles. The summed E-state index contributed by atoms with van der Waals surface area (Å²) in [5.74, 6) is 0.568. The van der Waals surface area contributed by atoms with Gasteiger partial charge in [-0.2, -0.15) is 15.0 Å². The topological polar surface area (TPSA) is 80.0 Å². The van der Waals surface area contributed by atoms with E-state index in [0.717, 1.165) is 32.6 Å². The van der Waals surface area contributed by atoms with Crippen LogP contribution in [-0.4, -0.2) is 46.0 Å². The van der Waals surface area contributed by atoms with Crippen LogP contribution in [0, 0.1) is 0 Å². The van der Waals surface area contributed by atoms with Crippen molar-refractivity contribution >= 4 is 23.5 Å². The monoisotopic (exact) mass is 258 g/mol. The quantitative estimate of drug-likeness (QED) is 0.717. The van der Waals surface area contributed by atoms with Gasteiger partial charge in [0.15, 0.2) is 0 Å². The van der Waals surface area contributed by atoms with E-state index in [1.54, 1.807) is 0 Å². The SMILES string of the molecule is CCN(CC)CCCNc1nc(N)nc(Cl)n1. The molecule has 0 saturated carbocycles. The Balaban J connectivity index is 2.31. The molecule has 0 unspecified atom stereocenters. The van der Waals surface area contributed by atoms with Crippen LogP contribution in [0.15, 0.2) is 0 Å². The van der Waals surface area contributed by atoms with E-state index in [1.165, 1.54) is 0 Å². The van der Waals surface area contributed by atoms with Crippen molar-refractivity contribution in [2.45, 2.75) is 20.3 Å². The molecule has 1 aromatic heterocycles. The van der Waals surface area contributed by atoms with E-state index in [-0.39, 0.29) is 11.2 Å². The van der Waals surface area contributed by atoms with Crippen LogP contribution in [0.3, 0.4) is 0 Å². The fraction of sp³-hybridized carbons (Fsp3) is 0.700. The van der Waals surface area contributed by atoms with E-state index < -0.39 is 0 Å². The number of nitrogens with one attached hydrogen (secondary N) is 1. The zero-order valence-electron chi connectivity index (χ0n) is 10.3. The fourth-order valence-electron chi connectivity index (χ4n) is 1.49. The molecule has 17 heavy (non-hydrogen) atoms. The minimum atomic E-state index is 0.115. The van der Waals surface area contributed by atoms with E-state index in [9.17, 15) is 0 Å². The lowest BCUT2D eigenvalue weighted by Gasteiger charge is -2.17. The lowest BCUT2D eigenvalue weighted by atomic mass is 10.3. The van der Waals surface area contributed by atoms with Crippen LogP contribution < -0.4 is 11.1 Å². The number of halogens is 1. The highest BCUT2D eigenvalue weighted by atomic mass is 35.5. The summed E-state index contributed by atoms with van der Waals surface area (Å²) in [5.41, 5.74) is 5.46. The van der Waals surface area contributed by atoms with Crippen LogP contribution in [0.4, 0.5) is 11.9 Å². The van der Waals surface area contributed by atoms with Gasteiger partial charge in [-0.3, -0.25) is 0 Å². The third-order valence-corrected chi connectivity index (χ3v) is 2.62. The molecule has 6 nitrogen and oxygen atoms in total. The van der Waals surface area contributed by atoms with Gasteiger partial charge in [-0.15, -0.1) is 0 Å². The van der Waals surface area contributed by atoms with Crippen molar-refractivity contribution < 1.29 is 0 Å². The second kappa shape index (κ2) is 7.24. The second-order valence-electron chi connectivity index (χ2n) is 3.59. The highest BCUT2D eigenvalue weighted by Gasteiger charge is 2.02. The Labute approximate surface area is 107 Å². The zero-order valence-corrected chi connectivity index (χ0v) is 11.0. The molecule has 1 heterocycles. The molecule has 0 aliphatic heterocycles. The molecule has 0 spiro atoms. The van der Waals surface area contributed by atoms with Crippen molar-refractivity contribution in [3.05, 3.63) is 5.28 Å². The lowest BCUT2D eigenvalue weighted by molar-refractivity contribution is 0.303. The van der Waals surface area contributed by atoms with Crippen molar-refractivity contribution in [3.63, 3.8) is 0 Å². The maximum absolute atomic E-state index is 5.67. The Bertz CT molecular complexity index is 321. The average molecular weight is 259 g/mol. The van der Waals surface area contributed by atoms with Crippen LogP contribution in [0.2, 0.25) is 5.28 Å². The lowest BCUT2D eigenvalue weighted by Crippen LogP contribution is -2.25.